The summed E-state index contributed by atoms with van der Waals surface area (Å²) in [5.74, 6) is 5.25. The fourth-order valence-corrected chi connectivity index (χ4v) is 1.89. The highest BCUT2D eigenvalue weighted by molar-refractivity contribution is 5.92. The minimum Gasteiger partial charge on any atom is -0.459 e. The van der Waals surface area contributed by atoms with Crippen LogP contribution in [0.4, 0.5) is 0 Å². The van der Waals surface area contributed by atoms with E-state index in [4.69, 9.17) is 10.3 Å². The second-order valence-corrected chi connectivity index (χ2v) is 4.26. The number of hydrogen-bond acceptors (Lipinski definition) is 6. The van der Waals surface area contributed by atoms with Crippen LogP contribution in [0.2, 0.25) is 0 Å². The molecule has 0 saturated heterocycles. The molecule has 0 aliphatic heterocycles. The molecule has 1 aromatic carbocycles. The Bertz CT molecular complexity index is 749. The van der Waals surface area contributed by atoms with Crippen LogP contribution in [0.3, 0.4) is 0 Å². The van der Waals surface area contributed by atoms with Crippen molar-refractivity contribution in [3.63, 3.8) is 0 Å². The van der Waals surface area contributed by atoms with Crippen molar-refractivity contribution in [2.24, 2.45) is 5.84 Å². The zero-order valence-corrected chi connectivity index (χ0v) is 10.9. The van der Waals surface area contributed by atoms with Gasteiger partial charge >= 0.3 is 5.91 Å². The first-order valence-electron chi connectivity index (χ1n) is 6.18. The number of carbonyl (C=O) groups excluding carboxylic acids is 1. The van der Waals surface area contributed by atoms with Crippen LogP contribution in [0.5, 0.6) is 0 Å². The van der Waals surface area contributed by atoms with E-state index < -0.39 is 5.91 Å². The second kappa shape index (κ2) is 5.55. The van der Waals surface area contributed by atoms with Gasteiger partial charge in [-0.3, -0.25) is 10.2 Å². The first-order valence-corrected chi connectivity index (χ1v) is 6.18. The topological polar surface area (TPSA) is 112 Å². The number of benzene rings is 1. The van der Waals surface area contributed by atoms with Crippen LogP contribution < -0.4 is 11.3 Å². The van der Waals surface area contributed by atoms with Crippen molar-refractivity contribution in [3.8, 4) is 11.4 Å². The number of furan rings is 1. The Balaban J connectivity index is 1.82. The van der Waals surface area contributed by atoms with Crippen LogP contribution in [0.1, 0.15) is 16.1 Å². The molecule has 0 radical (unpaired) electrons. The number of nitrogens with one attached hydrogen (secondary N) is 1. The number of nitrogens with zero attached hydrogens (tertiary/aromatic N) is 4. The van der Waals surface area contributed by atoms with Crippen molar-refractivity contribution < 1.29 is 9.21 Å². The summed E-state index contributed by atoms with van der Waals surface area (Å²) in [5.41, 5.74) is 3.52. The molecule has 0 saturated carbocycles. The molecule has 21 heavy (non-hydrogen) atoms. The van der Waals surface area contributed by atoms with Gasteiger partial charge in [-0.1, -0.05) is 30.3 Å². The van der Waals surface area contributed by atoms with Gasteiger partial charge in [0.05, 0.1) is 12.8 Å². The molecule has 0 fully saturated rings. The molecular formula is C13H12N6O2. The number of nitrogen functional groups attached to an aromatic ring is 1. The molecule has 0 aliphatic carbocycles. The highest BCUT2D eigenvalue weighted by Gasteiger charge is 2.15. The van der Waals surface area contributed by atoms with Gasteiger partial charge in [0.2, 0.25) is 5.82 Å². The molecular weight excluding hydrogens is 272 g/mol. The van der Waals surface area contributed by atoms with Crippen molar-refractivity contribution in [3.05, 3.63) is 54.0 Å². The third-order valence-electron chi connectivity index (χ3n) is 2.88. The van der Waals surface area contributed by atoms with E-state index in [0.717, 1.165) is 5.56 Å². The molecule has 1 amide bonds. The highest BCUT2D eigenvalue weighted by Crippen LogP contribution is 2.14. The standard InChI is InChI=1S/C13H12N6O2/c14-15-13(20)11-10(6-7-21-11)8-19-17-12(16-18-19)9-4-2-1-3-5-9/h1-7H,8,14H2,(H,15,20). The molecule has 3 N–H and O–H groups in total. The van der Waals surface area contributed by atoms with E-state index in [1.165, 1.54) is 11.1 Å². The van der Waals surface area contributed by atoms with Gasteiger partial charge in [0.25, 0.3) is 0 Å². The minimum absolute atomic E-state index is 0.135. The molecule has 8 nitrogen and oxygen atoms in total. The molecule has 3 rings (SSSR count). The number of carbonyl (C=O) groups is 1. The van der Waals surface area contributed by atoms with E-state index in [-0.39, 0.29) is 12.3 Å². The number of rotatable bonds is 4. The normalized spacial score (nSPS) is 10.5. The van der Waals surface area contributed by atoms with Crippen molar-refractivity contribution in [1.29, 1.82) is 0 Å². The average Bonchev–Trinajstić information content (AvgIpc) is 3.17. The van der Waals surface area contributed by atoms with Crippen LogP contribution in [-0.2, 0) is 6.54 Å². The third kappa shape index (κ3) is 2.65. The molecule has 3 aromatic rings. The first-order chi connectivity index (χ1) is 10.3. The number of hydrogen-bond donors (Lipinski definition) is 2. The molecule has 2 aromatic heterocycles. The largest absolute Gasteiger partial charge is 0.459 e. The van der Waals surface area contributed by atoms with Crippen molar-refractivity contribution in [1.82, 2.24) is 25.6 Å². The SMILES string of the molecule is NNC(=O)c1occc1Cn1nnc(-c2ccccc2)n1. The monoisotopic (exact) mass is 284 g/mol. The molecule has 0 atom stereocenters. The molecule has 106 valence electrons. The van der Waals surface area contributed by atoms with Crippen molar-refractivity contribution in [2.75, 3.05) is 0 Å². The minimum atomic E-state index is -0.501. The van der Waals surface area contributed by atoms with Crippen molar-refractivity contribution in [2.45, 2.75) is 6.54 Å². The van der Waals surface area contributed by atoms with Crippen LogP contribution in [0.25, 0.3) is 11.4 Å². The molecule has 0 aliphatic rings. The first kappa shape index (κ1) is 13.0. The van der Waals surface area contributed by atoms with Gasteiger partial charge in [-0.05, 0) is 11.3 Å². The van der Waals surface area contributed by atoms with Gasteiger partial charge in [0, 0.05) is 11.1 Å². The molecule has 0 bridgehead atoms. The Hall–Kier alpha value is -3.00. The molecule has 2 heterocycles. The van der Waals surface area contributed by atoms with Gasteiger partial charge < -0.3 is 4.42 Å². The summed E-state index contributed by atoms with van der Waals surface area (Å²) >= 11 is 0. The van der Waals surface area contributed by atoms with Gasteiger partial charge in [-0.15, -0.1) is 10.2 Å². The second-order valence-electron chi connectivity index (χ2n) is 4.26. The molecule has 0 unspecified atom stereocenters. The molecule has 0 spiro atoms. The number of tetrazole rings is 1. The van der Waals surface area contributed by atoms with E-state index in [1.54, 1.807) is 6.07 Å². The van der Waals surface area contributed by atoms with Gasteiger partial charge in [-0.25, -0.2) is 5.84 Å². The van der Waals surface area contributed by atoms with Crippen LogP contribution >= 0.6 is 0 Å². The van der Waals surface area contributed by atoms with Gasteiger partial charge in [0.15, 0.2) is 5.76 Å². The van der Waals surface area contributed by atoms with E-state index in [9.17, 15) is 4.79 Å². The summed E-state index contributed by atoms with van der Waals surface area (Å²) in [6.45, 7) is 0.263. The summed E-state index contributed by atoms with van der Waals surface area (Å²) in [6, 6.07) is 11.2. The number of amides is 1. The zero-order valence-electron chi connectivity index (χ0n) is 10.9. The predicted molar refractivity (Wildman–Crippen MR) is 72.7 cm³/mol. The average molecular weight is 284 g/mol. The number of nitrogens with two attached hydrogens (primary N) is 1. The Morgan fingerprint density at radius 3 is 2.86 bits per heavy atom. The predicted octanol–water partition coefficient (Wildman–Crippen LogP) is 0.585. The van der Waals surface area contributed by atoms with Crippen LogP contribution in [0, 0.1) is 0 Å². The number of aromatic nitrogens is 4. The summed E-state index contributed by atoms with van der Waals surface area (Å²) in [4.78, 5) is 12.9. The summed E-state index contributed by atoms with van der Waals surface area (Å²) in [5, 5.41) is 12.2. The van der Waals surface area contributed by atoms with Gasteiger partial charge in [-0.2, -0.15) is 4.80 Å². The lowest BCUT2D eigenvalue weighted by Crippen LogP contribution is -2.30. The highest BCUT2D eigenvalue weighted by atomic mass is 16.3. The molecule has 8 heteroatoms. The maximum Gasteiger partial charge on any atom is 0.301 e. The lowest BCUT2D eigenvalue weighted by atomic mass is 10.2. The van der Waals surface area contributed by atoms with Crippen LogP contribution in [0.15, 0.2) is 47.1 Å². The van der Waals surface area contributed by atoms with E-state index >= 15 is 0 Å². The quantitative estimate of drug-likeness (QED) is 0.412. The summed E-state index contributed by atoms with van der Waals surface area (Å²) < 4.78 is 5.10. The third-order valence-corrected chi connectivity index (χ3v) is 2.88. The fourth-order valence-electron chi connectivity index (χ4n) is 1.89. The van der Waals surface area contributed by atoms with Crippen molar-refractivity contribution >= 4 is 5.91 Å². The number of hydrazine groups is 1. The maximum atomic E-state index is 11.5. The van der Waals surface area contributed by atoms with E-state index in [2.05, 4.69) is 15.4 Å². The smallest absolute Gasteiger partial charge is 0.301 e. The Labute approximate surface area is 119 Å². The lowest BCUT2D eigenvalue weighted by molar-refractivity contribution is 0.0924. The Morgan fingerprint density at radius 2 is 2.10 bits per heavy atom. The Morgan fingerprint density at radius 1 is 1.29 bits per heavy atom. The lowest BCUT2D eigenvalue weighted by Gasteiger charge is -2.00. The Kier molecular flexibility index (Phi) is 3.44. The summed E-state index contributed by atoms with van der Waals surface area (Å²) in [7, 11) is 0. The summed E-state index contributed by atoms with van der Waals surface area (Å²) in [6.07, 6.45) is 1.41. The zero-order chi connectivity index (χ0) is 14.7. The van der Waals surface area contributed by atoms with E-state index in [1.807, 2.05) is 35.8 Å². The maximum absolute atomic E-state index is 11.5. The van der Waals surface area contributed by atoms with Crippen LogP contribution in [-0.4, -0.2) is 26.1 Å². The fraction of sp³-hybridized carbons (Fsp3) is 0.0769. The van der Waals surface area contributed by atoms with E-state index in [0.29, 0.717) is 11.4 Å². The van der Waals surface area contributed by atoms with Gasteiger partial charge in [0.1, 0.15) is 0 Å².